The van der Waals surface area contributed by atoms with Crippen LogP contribution in [0.5, 0.6) is 0 Å². The van der Waals surface area contributed by atoms with Gasteiger partial charge < -0.3 is 0 Å². The molecule has 0 atom stereocenters. The molecule has 0 fully saturated rings. The Morgan fingerprint density at radius 3 is 2.85 bits per heavy atom. The summed E-state index contributed by atoms with van der Waals surface area (Å²) in [6.07, 6.45) is 1.81. The van der Waals surface area contributed by atoms with Gasteiger partial charge in [-0.05, 0) is 48.0 Å². The molecule has 2 rings (SSSR count). The van der Waals surface area contributed by atoms with Crippen molar-refractivity contribution in [1.29, 1.82) is 0 Å². The fourth-order valence-electron chi connectivity index (χ4n) is 1.74. The van der Waals surface area contributed by atoms with Crippen LogP contribution in [-0.2, 0) is 6.42 Å². The predicted octanol–water partition coefficient (Wildman–Crippen LogP) is 2.81. The Morgan fingerprint density at radius 1 is 1.45 bits per heavy atom. The summed E-state index contributed by atoms with van der Waals surface area (Å²) in [4.78, 5) is 20.5. The standard InChI is InChI=1S/C12H16BrN5OS/c1-4-5-9-14-8(13)6-10(15-9)20-12-17-16-11(19)18(12)7(2)3/h6-7H,4-5H2,1-3H3,(H,16,19). The molecule has 0 aliphatic carbocycles. The van der Waals surface area contributed by atoms with Gasteiger partial charge in [-0.25, -0.2) is 19.9 Å². The minimum atomic E-state index is -0.204. The normalized spacial score (nSPS) is 11.2. The van der Waals surface area contributed by atoms with Gasteiger partial charge in [0.2, 0.25) is 0 Å². The van der Waals surface area contributed by atoms with E-state index < -0.39 is 0 Å². The first kappa shape index (κ1) is 15.2. The Balaban J connectivity index is 2.32. The third-order valence-electron chi connectivity index (χ3n) is 2.58. The molecule has 6 nitrogen and oxygen atoms in total. The molecule has 0 amide bonds. The van der Waals surface area contributed by atoms with Crippen molar-refractivity contribution in [2.45, 2.75) is 49.8 Å². The average molecular weight is 358 g/mol. The van der Waals surface area contributed by atoms with Crippen LogP contribution < -0.4 is 5.69 Å². The zero-order valence-electron chi connectivity index (χ0n) is 11.6. The van der Waals surface area contributed by atoms with E-state index >= 15 is 0 Å². The van der Waals surface area contributed by atoms with Crippen molar-refractivity contribution in [3.63, 3.8) is 0 Å². The van der Waals surface area contributed by atoms with E-state index in [9.17, 15) is 4.79 Å². The molecule has 1 N–H and O–H groups in total. The number of H-pyrrole nitrogens is 1. The van der Waals surface area contributed by atoms with E-state index in [2.05, 4.69) is 43.0 Å². The number of halogens is 1. The largest absolute Gasteiger partial charge is 0.344 e. The number of aromatic nitrogens is 5. The van der Waals surface area contributed by atoms with Gasteiger partial charge in [0.25, 0.3) is 0 Å². The number of aromatic amines is 1. The van der Waals surface area contributed by atoms with Crippen LogP contribution in [0, 0.1) is 0 Å². The first-order valence-electron chi connectivity index (χ1n) is 6.39. The van der Waals surface area contributed by atoms with Crippen molar-refractivity contribution in [3.8, 4) is 0 Å². The van der Waals surface area contributed by atoms with Gasteiger partial charge in [0, 0.05) is 18.5 Å². The number of hydrogen-bond acceptors (Lipinski definition) is 5. The lowest BCUT2D eigenvalue weighted by Crippen LogP contribution is -2.19. The molecule has 2 heterocycles. The average Bonchev–Trinajstić information content (AvgIpc) is 2.70. The summed E-state index contributed by atoms with van der Waals surface area (Å²) in [5, 5.41) is 7.91. The monoisotopic (exact) mass is 357 g/mol. The van der Waals surface area contributed by atoms with E-state index in [4.69, 9.17) is 0 Å². The highest BCUT2D eigenvalue weighted by Gasteiger charge is 2.14. The molecule has 0 aliphatic heterocycles. The Morgan fingerprint density at radius 2 is 2.20 bits per heavy atom. The molecule has 0 saturated heterocycles. The zero-order chi connectivity index (χ0) is 14.7. The highest BCUT2D eigenvalue weighted by molar-refractivity contribution is 9.10. The van der Waals surface area contributed by atoms with Crippen LogP contribution in [0.2, 0.25) is 0 Å². The lowest BCUT2D eigenvalue weighted by molar-refractivity contribution is 0.534. The van der Waals surface area contributed by atoms with Gasteiger partial charge in [-0.1, -0.05) is 6.92 Å². The first-order chi connectivity index (χ1) is 9.51. The second kappa shape index (κ2) is 6.53. The summed E-state index contributed by atoms with van der Waals surface area (Å²) in [5.74, 6) is 0.790. The summed E-state index contributed by atoms with van der Waals surface area (Å²) in [5.41, 5.74) is -0.204. The highest BCUT2D eigenvalue weighted by Crippen LogP contribution is 2.26. The molecule has 2 aromatic heterocycles. The highest BCUT2D eigenvalue weighted by atomic mass is 79.9. The second-order valence-electron chi connectivity index (χ2n) is 4.57. The number of rotatable bonds is 5. The maximum Gasteiger partial charge on any atom is 0.344 e. The molecule has 0 radical (unpaired) electrons. The third-order valence-corrected chi connectivity index (χ3v) is 3.87. The van der Waals surface area contributed by atoms with Gasteiger partial charge in [-0.15, -0.1) is 5.10 Å². The molecule has 8 heteroatoms. The van der Waals surface area contributed by atoms with Crippen molar-refractivity contribution < 1.29 is 0 Å². The maximum absolute atomic E-state index is 11.7. The minimum absolute atomic E-state index is 0.0455. The van der Waals surface area contributed by atoms with Gasteiger partial charge >= 0.3 is 5.69 Å². The molecule has 0 bridgehead atoms. The van der Waals surface area contributed by atoms with Crippen molar-refractivity contribution in [2.24, 2.45) is 0 Å². The maximum atomic E-state index is 11.7. The van der Waals surface area contributed by atoms with E-state index in [0.717, 1.165) is 28.3 Å². The van der Waals surface area contributed by atoms with E-state index in [1.54, 1.807) is 4.57 Å². The number of aryl methyl sites for hydroxylation is 1. The first-order valence-corrected chi connectivity index (χ1v) is 8.00. The third kappa shape index (κ3) is 3.49. The van der Waals surface area contributed by atoms with Crippen LogP contribution in [0.3, 0.4) is 0 Å². The van der Waals surface area contributed by atoms with Gasteiger partial charge in [0.05, 0.1) is 0 Å². The minimum Gasteiger partial charge on any atom is -0.267 e. The van der Waals surface area contributed by atoms with Crippen molar-refractivity contribution >= 4 is 27.7 Å². The molecule has 2 aromatic rings. The SMILES string of the molecule is CCCc1nc(Br)cc(Sc2n[nH]c(=O)n2C(C)C)n1. The van der Waals surface area contributed by atoms with Crippen LogP contribution in [0.1, 0.15) is 39.1 Å². The zero-order valence-corrected chi connectivity index (χ0v) is 14.0. The summed E-state index contributed by atoms with van der Waals surface area (Å²) >= 11 is 4.74. The van der Waals surface area contributed by atoms with Gasteiger partial charge in [-0.2, -0.15) is 0 Å². The van der Waals surface area contributed by atoms with Crippen molar-refractivity contribution in [1.82, 2.24) is 24.7 Å². The van der Waals surface area contributed by atoms with Crippen molar-refractivity contribution in [2.75, 3.05) is 0 Å². The smallest absolute Gasteiger partial charge is 0.267 e. The lowest BCUT2D eigenvalue weighted by Gasteiger charge is -2.08. The molecule has 0 spiro atoms. The molecular weight excluding hydrogens is 342 g/mol. The fourth-order valence-corrected chi connectivity index (χ4v) is 3.31. The quantitative estimate of drug-likeness (QED) is 0.832. The van der Waals surface area contributed by atoms with Crippen molar-refractivity contribution in [3.05, 3.63) is 27.0 Å². The van der Waals surface area contributed by atoms with E-state index in [1.807, 2.05) is 19.9 Å². The summed E-state index contributed by atoms with van der Waals surface area (Å²) < 4.78 is 2.35. The van der Waals surface area contributed by atoms with Crippen LogP contribution in [0.15, 0.2) is 25.6 Å². The summed E-state index contributed by atoms with van der Waals surface area (Å²) in [6.45, 7) is 5.97. The number of nitrogens with one attached hydrogen (secondary N) is 1. The van der Waals surface area contributed by atoms with E-state index in [0.29, 0.717) is 5.16 Å². The molecule has 0 aliphatic rings. The molecular formula is C12H16BrN5OS. The lowest BCUT2D eigenvalue weighted by atomic mass is 10.3. The van der Waals surface area contributed by atoms with Crippen LogP contribution in [0.4, 0.5) is 0 Å². The van der Waals surface area contributed by atoms with E-state index in [1.165, 1.54) is 11.8 Å². The number of hydrogen-bond donors (Lipinski definition) is 1. The topological polar surface area (TPSA) is 76.5 Å². The van der Waals surface area contributed by atoms with Crippen LogP contribution in [-0.4, -0.2) is 24.7 Å². The van der Waals surface area contributed by atoms with Crippen LogP contribution in [0.25, 0.3) is 0 Å². The Kier molecular flexibility index (Phi) is 4.98. The Labute approximate surface area is 129 Å². The van der Waals surface area contributed by atoms with E-state index in [-0.39, 0.29) is 11.7 Å². The van der Waals surface area contributed by atoms with Gasteiger partial charge in [0.1, 0.15) is 15.5 Å². The van der Waals surface area contributed by atoms with Crippen LogP contribution >= 0.6 is 27.7 Å². The Hall–Kier alpha value is -1.15. The molecule has 108 valence electrons. The second-order valence-corrected chi connectivity index (χ2v) is 6.37. The van der Waals surface area contributed by atoms with Gasteiger partial charge in [-0.3, -0.25) is 4.57 Å². The fraction of sp³-hybridized carbons (Fsp3) is 0.500. The predicted molar refractivity (Wildman–Crippen MR) is 81.1 cm³/mol. The molecule has 0 saturated carbocycles. The Bertz CT molecular complexity index is 652. The molecule has 20 heavy (non-hydrogen) atoms. The summed E-state index contributed by atoms with van der Waals surface area (Å²) in [7, 11) is 0. The summed E-state index contributed by atoms with van der Waals surface area (Å²) in [6, 6.07) is 1.87. The number of nitrogens with zero attached hydrogens (tertiary/aromatic N) is 4. The molecule has 0 unspecified atom stereocenters. The molecule has 0 aromatic carbocycles. The van der Waals surface area contributed by atoms with Gasteiger partial charge in [0.15, 0.2) is 5.16 Å².